The van der Waals surface area contributed by atoms with Crippen LogP contribution in [0.2, 0.25) is 0 Å². The number of imide groups is 1. The van der Waals surface area contributed by atoms with Crippen molar-refractivity contribution < 1.29 is 47.9 Å². The van der Waals surface area contributed by atoms with Crippen molar-refractivity contribution in [3.8, 4) is 11.5 Å². The van der Waals surface area contributed by atoms with Gasteiger partial charge in [0.2, 0.25) is 5.91 Å². The minimum absolute atomic E-state index is 0.0617. The van der Waals surface area contributed by atoms with Gasteiger partial charge in [0.05, 0.1) is 16.8 Å². The number of hydroxylamine groups is 2. The van der Waals surface area contributed by atoms with Crippen molar-refractivity contribution in [2.45, 2.75) is 74.3 Å². The molecule has 0 saturated heterocycles. The van der Waals surface area contributed by atoms with Crippen LogP contribution in [0, 0.1) is 26.2 Å². The number of carbonyl (C=O) groups excluding carboxylic acids is 7. The number of Topliss-reactive ketones (excluding diaryl/α,β-unsaturated/α-hetero) is 2. The van der Waals surface area contributed by atoms with Crippen LogP contribution in [0.5, 0.6) is 11.5 Å². The van der Waals surface area contributed by atoms with Crippen LogP contribution in [0.4, 0.5) is 5.69 Å². The summed E-state index contributed by atoms with van der Waals surface area (Å²) < 4.78 is 12.9. The first kappa shape index (κ1) is 37.9. The van der Waals surface area contributed by atoms with Crippen LogP contribution >= 0.6 is 0 Å². The molecular weight excluding hydrogens is 716 g/mol. The Hall–Kier alpha value is -6.43. The number of fused-ring (bicyclic) bond motifs is 6. The molecule has 1 unspecified atom stereocenters. The standard InChI is InChI=1S/C44H40N2O10/c1-10-45(37(49)20-43(8,9)38-26(7)39(50)24(5)25(6)40(38)51)32-19-34-31(16-23(32)4)44(30-15-21(2)22(3)17-33(30)54-34)29-12-11-27(18-28(29)42(53)55-44)41(52)56-46-35(47)13-14-36(46)48/h11-19H,10,20H2,1-9H3. The molecule has 3 aliphatic heterocycles. The van der Waals surface area contributed by atoms with E-state index in [0.717, 1.165) is 23.3 Å². The first-order valence-electron chi connectivity index (χ1n) is 18.2. The molecule has 0 aromatic heterocycles. The SMILES string of the molecule is CCN(C(=O)CC(C)(C)C1=C(C)C(=O)C(C)=C(C)C1=O)c1cc2c(cc1C)C1(OC(=O)c3cc(C(=O)ON4C(=O)C=CC4=O)ccc31)c1cc(C)c(C)cc1O2. The number of carbonyl (C=O) groups is 7. The number of benzene rings is 3. The Morgan fingerprint density at radius 3 is 1.98 bits per heavy atom. The molecular formula is C44H40N2O10. The van der Waals surface area contributed by atoms with Crippen LogP contribution in [-0.2, 0) is 39.1 Å². The third-order valence-corrected chi connectivity index (χ3v) is 11.3. The van der Waals surface area contributed by atoms with Gasteiger partial charge in [-0.15, -0.1) is 0 Å². The molecule has 1 atom stereocenters. The van der Waals surface area contributed by atoms with Crippen LogP contribution in [0.3, 0.4) is 0 Å². The molecule has 0 bridgehead atoms. The average molecular weight is 757 g/mol. The Morgan fingerprint density at radius 2 is 1.34 bits per heavy atom. The van der Waals surface area contributed by atoms with Gasteiger partial charge in [-0.1, -0.05) is 25.0 Å². The summed E-state index contributed by atoms with van der Waals surface area (Å²) in [4.78, 5) is 98.4. The summed E-state index contributed by atoms with van der Waals surface area (Å²) in [6.45, 7) is 16.3. The second kappa shape index (κ2) is 13.1. The monoisotopic (exact) mass is 756 g/mol. The van der Waals surface area contributed by atoms with E-state index in [4.69, 9.17) is 14.3 Å². The number of nitrogens with zero attached hydrogens (tertiary/aromatic N) is 2. The molecule has 12 nitrogen and oxygen atoms in total. The van der Waals surface area contributed by atoms with Gasteiger partial charge in [-0.25, -0.2) is 9.59 Å². The molecule has 4 aliphatic rings. The van der Waals surface area contributed by atoms with E-state index in [0.29, 0.717) is 66.8 Å². The minimum atomic E-state index is -1.52. The highest BCUT2D eigenvalue weighted by Gasteiger charge is 2.54. The maximum absolute atomic E-state index is 14.3. The fourth-order valence-corrected chi connectivity index (χ4v) is 8.10. The van der Waals surface area contributed by atoms with Crippen molar-refractivity contribution in [1.82, 2.24) is 5.06 Å². The summed E-state index contributed by atoms with van der Waals surface area (Å²) in [6.07, 6.45) is 1.90. The van der Waals surface area contributed by atoms with E-state index in [1.54, 1.807) is 51.7 Å². The Bertz CT molecular complexity index is 2480. The van der Waals surface area contributed by atoms with Gasteiger partial charge in [-0.3, -0.25) is 24.0 Å². The maximum Gasteiger partial charge on any atom is 0.363 e. The zero-order valence-electron chi connectivity index (χ0n) is 32.6. The molecule has 0 fully saturated rings. The summed E-state index contributed by atoms with van der Waals surface area (Å²) in [7, 11) is 0. The van der Waals surface area contributed by atoms with Crippen LogP contribution in [0.25, 0.3) is 0 Å². The summed E-state index contributed by atoms with van der Waals surface area (Å²) in [5.74, 6) is -3.32. The topological polar surface area (TPSA) is 154 Å². The molecule has 12 heteroatoms. The van der Waals surface area contributed by atoms with E-state index < -0.39 is 34.8 Å². The van der Waals surface area contributed by atoms with E-state index in [1.807, 2.05) is 45.9 Å². The Morgan fingerprint density at radius 1 is 0.750 bits per heavy atom. The number of hydrogen-bond acceptors (Lipinski definition) is 10. The summed E-state index contributed by atoms with van der Waals surface area (Å²) >= 11 is 0. The predicted octanol–water partition coefficient (Wildman–Crippen LogP) is 6.75. The zero-order valence-corrected chi connectivity index (χ0v) is 32.6. The summed E-state index contributed by atoms with van der Waals surface area (Å²) in [5, 5.41) is 0.338. The molecule has 0 saturated carbocycles. The number of esters is 1. The molecule has 3 amide bonds. The lowest BCUT2D eigenvalue weighted by Gasteiger charge is -2.38. The number of anilines is 1. The molecule has 286 valence electrons. The molecule has 1 spiro atoms. The number of amides is 3. The van der Waals surface area contributed by atoms with Crippen molar-refractivity contribution in [3.63, 3.8) is 0 Å². The Kier molecular flexibility index (Phi) is 8.86. The van der Waals surface area contributed by atoms with Gasteiger partial charge >= 0.3 is 11.9 Å². The van der Waals surface area contributed by atoms with E-state index in [-0.39, 0.29) is 41.6 Å². The lowest BCUT2D eigenvalue weighted by Crippen LogP contribution is -2.38. The van der Waals surface area contributed by atoms with Gasteiger partial charge < -0.3 is 19.2 Å². The first-order valence-corrected chi connectivity index (χ1v) is 18.2. The highest BCUT2D eigenvalue weighted by molar-refractivity contribution is 6.25. The second-order valence-corrected chi connectivity index (χ2v) is 15.3. The van der Waals surface area contributed by atoms with E-state index in [1.165, 1.54) is 12.1 Å². The second-order valence-electron chi connectivity index (χ2n) is 15.3. The minimum Gasteiger partial charge on any atom is -0.456 e. The van der Waals surface area contributed by atoms with Crippen molar-refractivity contribution in [2.24, 2.45) is 5.41 Å². The van der Waals surface area contributed by atoms with E-state index in [2.05, 4.69) is 0 Å². The van der Waals surface area contributed by atoms with Gasteiger partial charge in [-0.2, -0.15) is 0 Å². The number of ketones is 2. The molecule has 3 heterocycles. The fourth-order valence-electron chi connectivity index (χ4n) is 8.10. The molecule has 3 aromatic rings. The largest absolute Gasteiger partial charge is 0.456 e. The highest BCUT2D eigenvalue weighted by atomic mass is 16.7. The van der Waals surface area contributed by atoms with Gasteiger partial charge in [0.25, 0.3) is 11.8 Å². The van der Waals surface area contributed by atoms with Gasteiger partial charge in [0.1, 0.15) is 11.5 Å². The van der Waals surface area contributed by atoms with Gasteiger partial charge in [-0.05, 0) is 95.5 Å². The Labute approximate surface area is 323 Å². The maximum atomic E-state index is 14.3. The molecule has 0 radical (unpaired) electrons. The first-order chi connectivity index (χ1) is 26.3. The molecule has 7 rings (SSSR count). The third kappa shape index (κ3) is 5.61. The Balaban J connectivity index is 1.29. The number of rotatable bonds is 7. The molecule has 56 heavy (non-hydrogen) atoms. The third-order valence-electron chi connectivity index (χ3n) is 11.3. The quantitative estimate of drug-likeness (QED) is 0.144. The number of hydrogen-bond donors (Lipinski definition) is 0. The molecule has 3 aromatic carbocycles. The average Bonchev–Trinajstić information content (AvgIpc) is 3.62. The van der Waals surface area contributed by atoms with E-state index in [9.17, 15) is 33.6 Å². The smallest absolute Gasteiger partial charge is 0.363 e. The van der Waals surface area contributed by atoms with Crippen molar-refractivity contribution in [3.05, 3.63) is 121 Å². The number of aryl methyl sites for hydroxylation is 3. The molecule has 0 N–H and O–H groups in total. The fraction of sp³-hybridized carbons (Fsp3) is 0.295. The predicted molar refractivity (Wildman–Crippen MR) is 203 cm³/mol. The molecule has 1 aliphatic carbocycles. The van der Waals surface area contributed by atoms with Crippen molar-refractivity contribution >= 4 is 46.9 Å². The zero-order chi connectivity index (χ0) is 40.8. The van der Waals surface area contributed by atoms with E-state index >= 15 is 0 Å². The summed E-state index contributed by atoms with van der Waals surface area (Å²) in [6, 6.07) is 11.6. The van der Waals surface area contributed by atoms with Gasteiger partial charge in [0, 0.05) is 75.6 Å². The van der Waals surface area contributed by atoms with Gasteiger partial charge in [0.15, 0.2) is 17.2 Å². The normalized spacial score (nSPS) is 18.7. The number of allylic oxidation sites excluding steroid dienone is 4. The lowest BCUT2D eigenvalue weighted by atomic mass is 9.71. The summed E-state index contributed by atoms with van der Waals surface area (Å²) in [5.41, 5.74) is 3.48. The van der Waals surface area contributed by atoms with Crippen LogP contribution in [0.1, 0.15) is 102 Å². The lowest BCUT2D eigenvalue weighted by molar-refractivity contribution is -0.170. The van der Waals surface area contributed by atoms with Crippen LogP contribution < -0.4 is 9.64 Å². The van der Waals surface area contributed by atoms with Crippen molar-refractivity contribution in [1.29, 1.82) is 0 Å². The van der Waals surface area contributed by atoms with Crippen molar-refractivity contribution in [2.75, 3.05) is 11.4 Å². The van der Waals surface area contributed by atoms with Crippen LogP contribution in [0.15, 0.2) is 76.9 Å². The highest BCUT2D eigenvalue weighted by Crippen LogP contribution is 2.57. The van der Waals surface area contributed by atoms with Crippen LogP contribution in [-0.4, -0.2) is 52.8 Å². The number of ether oxygens (including phenoxy) is 2.